The first-order chi connectivity index (χ1) is 11.6. The molecule has 0 radical (unpaired) electrons. The topological polar surface area (TPSA) is 52.0 Å². The second kappa shape index (κ2) is 7.32. The van der Waals surface area contributed by atoms with Crippen molar-refractivity contribution in [2.75, 3.05) is 19.0 Å². The van der Waals surface area contributed by atoms with Crippen molar-refractivity contribution in [1.29, 1.82) is 0 Å². The van der Waals surface area contributed by atoms with Crippen molar-refractivity contribution in [2.24, 2.45) is 0 Å². The van der Waals surface area contributed by atoms with E-state index in [0.29, 0.717) is 13.2 Å². The van der Waals surface area contributed by atoms with Crippen molar-refractivity contribution in [3.63, 3.8) is 0 Å². The minimum absolute atomic E-state index is 0.662. The van der Waals surface area contributed by atoms with Crippen molar-refractivity contribution in [3.05, 3.63) is 51.8 Å². The van der Waals surface area contributed by atoms with Gasteiger partial charge in [-0.1, -0.05) is 12.1 Å². The Bertz CT molecular complexity index is 860. The third-order valence-electron chi connectivity index (χ3n) is 4.16. The number of benzene rings is 1. The van der Waals surface area contributed by atoms with Crippen LogP contribution in [0, 0.1) is 13.8 Å². The molecular formula is C18H21BrN4O. The molecule has 2 heterocycles. The maximum Gasteiger partial charge on any atom is 0.126 e. The van der Waals surface area contributed by atoms with Gasteiger partial charge in [0.15, 0.2) is 0 Å². The molecule has 3 rings (SSSR count). The van der Waals surface area contributed by atoms with E-state index in [1.807, 2.05) is 29.8 Å². The van der Waals surface area contributed by atoms with Crippen LogP contribution < -0.4 is 5.32 Å². The first-order valence-corrected chi connectivity index (χ1v) is 8.70. The molecule has 0 atom stereocenters. The number of methoxy groups -OCH3 is 1. The van der Waals surface area contributed by atoms with Crippen molar-refractivity contribution >= 4 is 32.7 Å². The Morgan fingerprint density at radius 3 is 2.83 bits per heavy atom. The van der Waals surface area contributed by atoms with Crippen LogP contribution in [-0.4, -0.2) is 28.5 Å². The van der Waals surface area contributed by atoms with E-state index in [4.69, 9.17) is 9.72 Å². The highest BCUT2D eigenvalue weighted by molar-refractivity contribution is 9.10. The summed E-state index contributed by atoms with van der Waals surface area (Å²) in [5.74, 6) is 0.859. The Labute approximate surface area is 150 Å². The van der Waals surface area contributed by atoms with Gasteiger partial charge in [0, 0.05) is 34.8 Å². The minimum Gasteiger partial charge on any atom is -0.383 e. The van der Waals surface area contributed by atoms with Crippen LogP contribution in [0.1, 0.15) is 17.0 Å². The highest BCUT2D eigenvalue weighted by Crippen LogP contribution is 2.24. The smallest absolute Gasteiger partial charge is 0.126 e. The zero-order chi connectivity index (χ0) is 17.1. The SMILES string of the molecule is COCCn1nc(C)c(CNc2ccc3cccc(Br)c3n2)c1C. The molecule has 0 unspecified atom stereocenters. The predicted molar refractivity (Wildman–Crippen MR) is 100 cm³/mol. The summed E-state index contributed by atoms with van der Waals surface area (Å²) in [5, 5.41) is 9.13. The van der Waals surface area contributed by atoms with Gasteiger partial charge in [0.2, 0.25) is 0 Å². The molecular weight excluding hydrogens is 368 g/mol. The van der Waals surface area contributed by atoms with Gasteiger partial charge in [-0.25, -0.2) is 4.98 Å². The summed E-state index contributed by atoms with van der Waals surface area (Å²) in [5.41, 5.74) is 4.38. The van der Waals surface area contributed by atoms with E-state index >= 15 is 0 Å². The predicted octanol–water partition coefficient (Wildman–Crippen LogP) is 4.07. The number of halogens is 1. The molecule has 0 aliphatic carbocycles. The van der Waals surface area contributed by atoms with E-state index in [1.54, 1.807) is 7.11 Å². The summed E-state index contributed by atoms with van der Waals surface area (Å²) >= 11 is 3.56. The number of fused-ring (bicyclic) bond motifs is 1. The lowest BCUT2D eigenvalue weighted by atomic mass is 10.2. The quantitative estimate of drug-likeness (QED) is 0.691. The fourth-order valence-electron chi connectivity index (χ4n) is 2.77. The van der Waals surface area contributed by atoms with Crippen molar-refractivity contribution in [1.82, 2.24) is 14.8 Å². The molecule has 3 aromatic rings. The molecule has 0 amide bonds. The number of nitrogens with zero attached hydrogens (tertiary/aromatic N) is 3. The van der Waals surface area contributed by atoms with E-state index in [-0.39, 0.29) is 0 Å². The van der Waals surface area contributed by atoms with E-state index < -0.39 is 0 Å². The molecule has 126 valence electrons. The maximum absolute atomic E-state index is 5.14. The van der Waals surface area contributed by atoms with Gasteiger partial charge in [-0.15, -0.1) is 0 Å². The van der Waals surface area contributed by atoms with E-state index in [1.165, 1.54) is 11.3 Å². The second-order valence-corrected chi connectivity index (χ2v) is 6.58. The number of aryl methyl sites for hydroxylation is 1. The third kappa shape index (κ3) is 3.44. The van der Waals surface area contributed by atoms with Gasteiger partial charge in [0.05, 0.1) is 24.4 Å². The summed E-state index contributed by atoms with van der Waals surface area (Å²) in [7, 11) is 1.71. The standard InChI is InChI=1S/C18H21BrN4O/c1-12-15(13(2)23(22-12)9-10-24-3)11-20-17-8-7-14-5-4-6-16(19)18(14)21-17/h4-8H,9-11H2,1-3H3,(H,20,21). The first-order valence-electron chi connectivity index (χ1n) is 7.91. The molecule has 0 fully saturated rings. The highest BCUT2D eigenvalue weighted by atomic mass is 79.9. The van der Waals surface area contributed by atoms with Crippen molar-refractivity contribution < 1.29 is 4.74 Å². The number of hydrogen-bond acceptors (Lipinski definition) is 4. The molecule has 1 aromatic carbocycles. The van der Waals surface area contributed by atoms with Crippen LogP contribution in [0.4, 0.5) is 5.82 Å². The second-order valence-electron chi connectivity index (χ2n) is 5.73. The summed E-state index contributed by atoms with van der Waals surface area (Å²) in [6.45, 7) is 6.27. The first kappa shape index (κ1) is 16.9. The van der Waals surface area contributed by atoms with Gasteiger partial charge in [-0.3, -0.25) is 4.68 Å². The third-order valence-corrected chi connectivity index (χ3v) is 4.80. The molecule has 24 heavy (non-hydrogen) atoms. The Hall–Kier alpha value is -1.92. The summed E-state index contributed by atoms with van der Waals surface area (Å²) in [6.07, 6.45) is 0. The fourth-order valence-corrected chi connectivity index (χ4v) is 3.24. The molecule has 0 spiro atoms. The number of aromatic nitrogens is 3. The Morgan fingerprint density at radius 1 is 1.21 bits per heavy atom. The maximum atomic E-state index is 5.14. The molecule has 6 heteroatoms. The zero-order valence-electron chi connectivity index (χ0n) is 14.1. The highest BCUT2D eigenvalue weighted by Gasteiger charge is 2.11. The number of anilines is 1. The van der Waals surface area contributed by atoms with Crippen molar-refractivity contribution in [3.8, 4) is 0 Å². The summed E-state index contributed by atoms with van der Waals surface area (Å²) < 4.78 is 8.14. The van der Waals surface area contributed by atoms with E-state index in [0.717, 1.165) is 33.4 Å². The molecule has 0 bridgehead atoms. The Morgan fingerprint density at radius 2 is 2.04 bits per heavy atom. The number of rotatable bonds is 6. The number of para-hydroxylation sites is 1. The average Bonchev–Trinajstić information content (AvgIpc) is 2.85. The molecule has 2 aromatic heterocycles. The lowest BCUT2D eigenvalue weighted by Gasteiger charge is -2.09. The van der Waals surface area contributed by atoms with Gasteiger partial charge in [0.25, 0.3) is 0 Å². The Kier molecular flexibility index (Phi) is 5.16. The number of ether oxygens (including phenoxy) is 1. The Balaban J connectivity index is 1.78. The number of hydrogen-bond donors (Lipinski definition) is 1. The monoisotopic (exact) mass is 388 g/mol. The molecule has 0 saturated carbocycles. The summed E-state index contributed by atoms with van der Waals surface area (Å²) in [6, 6.07) is 10.2. The zero-order valence-corrected chi connectivity index (χ0v) is 15.7. The number of pyridine rings is 1. The van der Waals surface area contributed by atoms with Crippen LogP contribution in [0.2, 0.25) is 0 Å². The van der Waals surface area contributed by atoms with Gasteiger partial charge in [-0.2, -0.15) is 5.10 Å². The van der Waals surface area contributed by atoms with Gasteiger partial charge in [0.1, 0.15) is 5.82 Å². The normalized spacial score (nSPS) is 11.2. The van der Waals surface area contributed by atoms with Crippen LogP contribution in [0.5, 0.6) is 0 Å². The van der Waals surface area contributed by atoms with Gasteiger partial charge in [-0.05, 0) is 48.0 Å². The van der Waals surface area contributed by atoms with Crippen LogP contribution in [-0.2, 0) is 17.8 Å². The lowest BCUT2D eigenvalue weighted by molar-refractivity contribution is 0.182. The molecule has 0 aliphatic rings. The largest absolute Gasteiger partial charge is 0.383 e. The van der Waals surface area contributed by atoms with Crippen LogP contribution in [0.3, 0.4) is 0 Å². The van der Waals surface area contributed by atoms with Gasteiger partial charge < -0.3 is 10.1 Å². The summed E-state index contributed by atoms with van der Waals surface area (Å²) in [4.78, 5) is 4.70. The molecule has 0 aliphatic heterocycles. The molecule has 1 N–H and O–H groups in total. The van der Waals surface area contributed by atoms with E-state index in [9.17, 15) is 0 Å². The van der Waals surface area contributed by atoms with Crippen LogP contribution in [0.15, 0.2) is 34.8 Å². The average molecular weight is 389 g/mol. The molecule has 0 saturated heterocycles. The van der Waals surface area contributed by atoms with Crippen LogP contribution in [0.25, 0.3) is 10.9 Å². The lowest BCUT2D eigenvalue weighted by Crippen LogP contribution is -2.08. The minimum atomic E-state index is 0.662. The van der Waals surface area contributed by atoms with Crippen molar-refractivity contribution in [2.45, 2.75) is 26.9 Å². The van der Waals surface area contributed by atoms with E-state index in [2.05, 4.69) is 45.4 Å². The van der Waals surface area contributed by atoms with Gasteiger partial charge >= 0.3 is 0 Å². The fraction of sp³-hybridized carbons (Fsp3) is 0.333. The molecule has 5 nitrogen and oxygen atoms in total. The number of nitrogens with one attached hydrogen (secondary N) is 1. The van der Waals surface area contributed by atoms with Crippen LogP contribution >= 0.6 is 15.9 Å².